The molecule has 1 unspecified atom stereocenters. The molecule has 1 amide bonds. The lowest BCUT2D eigenvalue weighted by molar-refractivity contribution is -0.385. The number of carboxylic acid groups (broad SMARTS) is 1. The lowest BCUT2D eigenvalue weighted by atomic mass is 10.1. The minimum Gasteiger partial charge on any atom is -0.481 e. The van der Waals surface area contributed by atoms with Gasteiger partial charge >= 0.3 is 5.97 Å². The van der Waals surface area contributed by atoms with E-state index in [0.717, 1.165) is 0 Å². The molecule has 7 nitrogen and oxygen atoms in total. The summed E-state index contributed by atoms with van der Waals surface area (Å²) in [6.07, 6.45) is 0.396. The second kappa shape index (κ2) is 5.58. The van der Waals surface area contributed by atoms with Crippen molar-refractivity contribution < 1.29 is 19.6 Å². The van der Waals surface area contributed by atoms with Gasteiger partial charge in [0.05, 0.1) is 16.4 Å². The summed E-state index contributed by atoms with van der Waals surface area (Å²) >= 11 is 3.07. The second-order valence-corrected chi connectivity index (χ2v) is 5.26. The van der Waals surface area contributed by atoms with Crippen LogP contribution >= 0.6 is 15.9 Å². The SMILES string of the molecule is O=C(O)C1CCN(C(=O)c2cccc([N+](=O)[O-])c2Br)C1. The largest absolute Gasteiger partial charge is 0.481 e. The molecule has 1 heterocycles. The van der Waals surface area contributed by atoms with Crippen LogP contribution in [0.3, 0.4) is 0 Å². The molecule has 1 N–H and O–H groups in total. The second-order valence-electron chi connectivity index (χ2n) is 4.47. The Kier molecular flexibility index (Phi) is 4.03. The molecule has 2 rings (SSSR count). The highest BCUT2D eigenvalue weighted by molar-refractivity contribution is 9.10. The molecule has 0 bridgehead atoms. The topological polar surface area (TPSA) is 101 Å². The van der Waals surface area contributed by atoms with E-state index in [2.05, 4.69) is 15.9 Å². The van der Waals surface area contributed by atoms with Gasteiger partial charge < -0.3 is 10.0 Å². The third-order valence-corrected chi connectivity index (χ3v) is 4.06. The molecule has 0 spiro atoms. The van der Waals surface area contributed by atoms with Gasteiger partial charge in [-0.25, -0.2) is 0 Å². The number of rotatable bonds is 3. The Morgan fingerprint density at radius 1 is 1.45 bits per heavy atom. The van der Waals surface area contributed by atoms with Crippen molar-refractivity contribution in [2.45, 2.75) is 6.42 Å². The number of amides is 1. The maximum absolute atomic E-state index is 12.3. The van der Waals surface area contributed by atoms with Crippen LogP contribution in [0.4, 0.5) is 5.69 Å². The number of hydrogen-bond acceptors (Lipinski definition) is 4. The zero-order valence-electron chi connectivity index (χ0n) is 10.3. The number of aliphatic carboxylic acids is 1. The maximum Gasteiger partial charge on any atom is 0.308 e. The van der Waals surface area contributed by atoms with Gasteiger partial charge in [0.2, 0.25) is 0 Å². The van der Waals surface area contributed by atoms with E-state index in [9.17, 15) is 19.7 Å². The highest BCUT2D eigenvalue weighted by Crippen LogP contribution is 2.30. The third kappa shape index (κ3) is 2.64. The van der Waals surface area contributed by atoms with E-state index in [1.165, 1.54) is 23.1 Å². The van der Waals surface area contributed by atoms with Crippen LogP contribution in [0.25, 0.3) is 0 Å². The van der Waals surface area contributed by atoms with Crippen LogP contribution in [0.5, 0.6) is 0 Å². The Balaban J connectivity index is 2.25. The zero-order valence-corrected chi connectivity index (χ0v) is 11.9. The van der Waals surface area contributed by atoms with Crippen LogP contribution in [0.1, 0.15) is 16.8 Å². The lowest BCUT2D eigenvalue weighted by Crippen LogP contribution is -2.30. The van der Waals surface area contributed by atoms with Gasteiger partial charge in [-0.3, -0.25) is 19.7 Å². The number of nitrogens with zero attached hydrogens (tertiary/aromatic N) is 2. The summed E-state index contributed by atoms with van der Waals surface area (Å²) in [5.41, 5.74) is -0.0185. The molecule has 106 valence electrons. The Morgan fingerprint density at radius 3 is 2.70 bits per heavy atom. The van der Waals surface area contributed by atoms with Crippen molar-refractivity contribution >= 4 is 33.5 Å². The average Bonchev–Trinajstić information content (AvgIpc) is 2.87. The predicted molar refractivity (Wildman–Crippen MR) is 72.4 cm³/mol. The van der Waals surface area contributed by atoms with Crippen molar-refractivity contribution in [3.63, 3.8) is 0 Å². The third-order valence-electron chi connectivity index (χ3n) is 3.23. The standard InChI is InChI=1S/C12H11BrN2O5/c13-10-8(2-1-3-9(10)15(19)20)11(16)14-5-4-7(6-14)12(17)18/h1-3,7H,4-6H2,(H,17,18). The number of carboxylic acids is 1. The minimum atomic E-state index is -0.932. The monoisotopic (exact) mass is 342 g/mol. The summed E-state index contributed by atoms with van der Waals surface area (Å²) in [6.45, 7) is 0.466. The van der Waals surface area contributed by atoms with Gasteiger partial charge in [-0.2, -0.15) is 0 Å². The summed E-state index contributed by atoms with van der Waals surface area (Å²) in [4.78, 5) is 34.8. The predicted octanol–water partition coefficient (Wildman–Crippen LogP) is 1.90. The fourth-order valence-corrected chi connectivity index (χ4v) is 2.72. The van der Waals surface area contributed by atoms with Crippen molar-refractivity contribution in [1.82, 2.24) is 4.90 Å². The van der Waals surface area contributed by atoms with E-state index in [0.29, 0.717) is 13.0 Å². The molecule has 1 aromatic rings. The molecule has 0 aliphatic carbocycles. The Bertz CT molecular complexity index is 589. The fraction of sp³-hybridized carbons (Fsp3) is 0.333. The molecule has 1 aliphatic heterocycles. The highest BCUT2D eigenvalue weighted by atomic mass is 79.9. The minimum absolute atomic E-state index is 0.119. The first kappa shape index (κ1) is 14.4. The zero-order chi connectivity index (χ0) is 14.9. The molecule has 0 aromatic heterocycles. The molecule has 1 aliphatic rings. The molecule has 0 radical (unpaired) electrons. The maximum atomic E-state index is 12.3. The van der Waals surface area contributed by atoms with E-state index >= 15 is 0 Å². The summed E-state index contributed by atoms with van der Waals surface area (Å²) < 4.78 is 0.119. The molecule has 0 saturated carbocycles. The van der Waals surface area contributed by atoms with Gasteiger partial charge in [0.15, 0.2) is 0 Å². The van der Waals surface area contributed by atoms with Crippen LogP contribution in [0.2, 0.25) is 0 Å². The van der Waals surface area contributed by atoms with E-state index in [-0.39, 0.29) is 22.3 Å². The average molecular weight is 343 g/mol. The van der Waals surface area contributed by atoms with Crippen molar-refractivity contribution in [2.24, 2.45) is 5.92 Å². The van der Waals surface area contributed by atoms with E-state index in [1.54, 1.807) is 0 Å². The number of carbonyl (C=O) groups excluding carboxylic acids is 1. The molecule has 20 heavy (non-hydrogen) atoms. The van der Waals surface area contributed by atoms with Crippen LogP contribution in [-0.2, 0) is 4.79 Å². The van der Waals surface area contributed by atoms with Crippen molar-refractivity contribution in [3.05, 3.63) is 38.3 Å². The number of halogens is 1. The van der Waals surface area contributed by atoms with Gasteiger partial charge in [0.25, 0.3) is 11.6 Å². The van der Waals surface area contributed by atoms with Gasteiger partial charge in [-0.1, -0.05) is 6.07 Å². The molecule has 1 aromatic carbocycles. The molecule has 1 saturated heterocycles. The molecule has 8 heteroatoms. The van der Waals surface area contributed by atoms with Crippen molar-refractivity contribution in [2.75, 3.05) is 13.1 Å². The summed E-state index contributed by atoms with van der Waals surface area (Å²) in [6, 6.07) is 4.21. The number of benzene rings is 1. The molecular formula is C12H11BrN2O5. The summed E-state index contributed by atoms with van der Waals surface area (Å²) in [5, 5.41) is 19.8. The van der Waals surface area contributed by atoms with E-state index < -0.39 is 22.7 Å². The van der Waals surface area contributed by atoms with Crippen LogP contribution in [0.15, 0.2) is 22.7 Å². The molecular weight excluding hydrogens is 332 g/mol. The Hall–Kier alpha value is -1.96. The van der Waals surface area contributed by atoms with Gasteiger partial charge in [-0.15, -0.1) is 0 Å². The first-order chi connectivity index (χ1) is 9.41. The number of nitro benzene ring substituents is 1. The first-order valence-corrected chi connectivity index (χ1v) is 6.66. The lowest BCUT2D eigenvalue weighted by Gasteiger charge is -2.16. The van der Waals surface area contributed by atoms with E-state index in [1.807, 2.05) is 0 Å². The normalized spacial score (nSPS) is 18.1. The summed E-state index contributed by atoms with van der Waals surface area (Å²) in [7, 11) is 0. The number of carbonyl (C=O) groups is 2. The number of hydrogen-bond donors (Lipinski definition) is 1. The molecule has 1 fully saturated rings. The quantitative estimate of drug-likeness (QED) is 0.667. The van der Waals surface area contributed by atoms with Crippen LogP contribution in [-0.4, -0.2) is 39.9 Å². The number of nitro groups is 1. The van der Waals surface area contributed by atoms with Crippen molar-refractivity contribution in [3.8, 4) is 0 Å². The van der Waals surface area contributed by atoms with Crippen LogP contribution < -0.4 is 0 Å². The van der Waals surface area contributed by atoms with Gasteiger partial charge in [-0.05, 0) is 28.4 Å². The van der Waals surface area contributed by atoms with Gasteiger partial charge in [0, 0.05) is 19.2 Å². The van der Waals surface area contributed by atoms with Gasteiger partial charge in [0.1, 0.15) is 4.47 Å². The van der Waals surface area contributed by atoms with Crippen molar-refractivity contribution in [1.29, 1.82) is 0 Å². The van der Waals surface area contributed by atoms with Crippen LogP contribution in [0, 0.1) is 16.0 Å². The number of likely N-dealkylation sites (tertiary alicyclic amines) is 1. The Labute approximate surface area is 122 Å². The highest BCUT2D eigenvalue weighted by Gasteiger charge is 2.32. The van der Waals surface area contributed by atoms with E-state index in [4.69, 9.17) is 5.11 Å². The first-order valence-electron chi connectivity index (χ1n) is 5.86. The summed E-state index contributed by atoms with van der Waals surface area (Å²) in [5.74, 6) is -1.90. The Morgan fingerprint density at radius 2 is 2.15 bits per heavy atom. The smallest absolute Gasteiger partial charge is 0.308 e. The fourth-order valence-electron chi connectivity index (χ4n) is 2.14. The molecule has 1 atom stereocenters.